The molecule has 5 heterocycles. The van der Waals surface area contributed by atoms with Gasteiger partial charge in [-0.25, -0.2) is 0 Å². The van der Waals surface area contributed by atoms with Crippen LogP contribution in [0.4, 0.5) is 20.2 Å². The van der Waals surface area contributed by atoms with Gasteiger partial charge in [0.1, 0.15) is 11.8 Å². The van der Waals surface area contributed by atoms with Gasteiger partial charge < -0.3 is 20.1 Å². The molecule has 5 rings (SSSR count). The second-order valence-electron chi connectivity index (χ2n) is 8.93. The van der Waals surface area contributed by atoms with E-state index < -0.39 is 23.6 Å². The third-order valence-corrected chi connectivity index (χ3v) is 6.37. The van der Waals surface area contributed by atoms with E-state index in [0.717, 1.165) is 35.5 Å². The fraction of sp³-hybridized carbons (Fsp3) is 0.360. The van der Waals surface area contributed by atoms with Crippen molar-refractivity contribution in [3.8, 4) is 11.1 Å². The number of halogens is 2. The number of fused-ring (bicyclic) bond motifs is 3. The molecule has 2 aliphatic heterocycles. The highest BCUT2D eigenvalue weighted by molar-refractivity contribution is 6.04. The number of hydrogen-bond donors (Lipinski definition) is 2. The van der Waals surface area contributed by atoms with Crippen LogP contribution in [0.1, 0.15) is 46.9 Å². The minimum atomic E-state index is -3.15. The predicted molar refractivity (Wildman–Crippen MR) is 125 cm³/mol. The summed E-state index contributed by atoms with van der Waals surface area (Å²) in [6.45, 7) is 4.47. The van der Waals surface area contributed by atoms with Crippen molar-refractivity contribution in [1.82, 2.24) is 15.0 Å². The SMILES string of the molecule is Cc1ncc(NC(=O)c2ccnc(C(C)(F)F)c2)cc1-c1cnc2c(c1)N1CCOC[C@H]1C[C@@H]2O. The van der Waals surface area contributed by atoms with E-state index in [1.54, 1.807) is 12.3 Å². The third-order valence-electron chi connectivity index (χ3n) is 6.37. The van der Waals surface area contributed by atoms with Gasteiger partial charge in [0.15, 0.2) is 0 Å². The van der Waals surface area contributed by atoms with Gasteiger partial charge in [0.25, 0.3) is 11.8 Å². The highest BCUT2D eigenvalue weighted by atomic mass is 19.3. The molecular formula is C25H25F2N5O3. The Kier molecular flexibility index (Phi) is 5.94. The van der Waals surface area contributed by atoms with E-state index in [9.17, 15) is 18.7 Å². The van der Waals surface area contributed by atoms with Crippen LogP contribution < -0.4 is 10.2 Å². The van der Waals surface area contributed by atoms with Gasteiger partial charge >= 0.3 is 0 Å². The summed E-state index contributed by atoms with van der Waals surface area (Å²) in [4.78, 5) is 27.6. The second-order valence-corrected chi connectivity index (χ2v) is 8.93. The largest absolute Gasteiger partial charge is 0.387 e. The number of hydrogen-bond acceptors (Lipinski definition) is 7. The Morgan fingerprint density at radius 1 is 1.23 bits per heavy atom. The number of alkyl halides is 2. The number of pyridine rings is 3. The van der Waals surface area contributed by atoms with Crippen LogP contribution in [0.15, 0.2) is 42.9 Å². The van der Waals surface area contributed by atoms with E-state index in [2.05, 4.69) is 25.2 Å². The summed E-state index contributed by atoms with van der Waals surface area (Å²) in [7, 11) is 0. The number of anilines is 2. The maximum atomic E-state index is 13.6. The van der Waals surface area contributed by atoms with E-state index >= 15 is 0 Å². The number of carbonyl (C=O) groups excluding carboxylic acids is 1. The summed E-state index contributed by atoms with van der Waals surface area (Å²) < 4.78 is 32.8. The number of ether oxygens (including phenoxy) is 1. The zero-order chi connectivity index (χ0) is 24.7. The van der Waals surface area contributed by atoms with E-state index in [0.29, 0.717) is 37.6 Å². The number of aryl methyl sites for hydroxylation is 1. The molecule has 0 unspecified atom stereocenters. The van der Waals surface area contributed by atoms with E-state index in [4.69, 9.17) is 4.74 Å². The van der Waals surface area contributed by atoms with Gasteiger partial charge in [-0.15, -0.1) is 0 Å². The molecule has 1 fully saturated rings. The molecule has 2 aliphatic rings. The Hall–Kier alpha value is -3.50. The molecule has 1 amide bonds. The first-order chi connectivity index (χ1) is 16.7. The summed E-state index contributed by atoms with van der Waals surface area (Å²) >= 11 is 0. The zero-order valence-electron chi connectivity index (χ0n) is 19.3. The molecule has 182 valence electrons. The number of rotatable bonds is 4. The lowest BCUT2D eigenvalue weighted by atomic mass is 9.94. The van der Waals surface area contributed by atoms with Gasteiger partial charge in [-0.05, 0) is 31.2 Å². The summed E-state index contributed by atoms with van der Waals surface area (Å²) in [5.41, 5.74) is 3.81. The Morgan fingerprint density at radius 2 is 2.06 bits per heavy atom. The molecule has 10 heteroatoms. The number of morpholine rings is 1. The van der Waals surface area contributed by atoms with Gasteiger partial charge in [0.2, 0.25) is 0 Å². The number of amides is 1. The second kappa shape index (κ2) is 8.94. The average Bonchev–Trinajstić information content (AvgIpc) is 2.84. The molecule has 0 radical (unpaired) electrons. The highest BCUT2D eigenvalue weighted by Crippen LogP contribution is 2.39. The van der Waals surface area contributed by atoms with Crippen LogP contribution in [-0.2, 0) is 10.7 Å². The smallest absolute Gasteiger partial charge is 0.286 e. The molecule has 35 heavy (non-hydrogen) atoms. The van der Waals surface area contributed by atoms with Crippen LogP contribution in [-0.4, -0.2) is 51.8 Å². The minimum Gasteiger partial charge on any atom is -0.387 e. The quantitative estimate of drug-likeness (QED) is 0.584. The number of nitrogens with zero attached hydrogens (tertiary/aromatic N) is 4. The number of aliphatic hydroxyl groups is 1. The van der Waals surface area contributed by atoms with E-state index in [-0.39, 0.29) is 11.6 Å². The van der Waals surface area contributed by atoms with Crippen molar-refractivity contribution in [2.24, 2.45) is 0 Å². The van der Waals surface area contributed by atoms with Gasteiger partial charge in [-0.3, -0.25) is 19.7 Å². The van der Waals surface area contributed by atoms with Crippen LogP contribution in [0, 0.1) is 6.92 Å². The fourth-order valence-electron chi connectivity index (χ4n) is 4.54. The van der Waals surface area contributed by atoms with Crippen LogP contribution >= 0.6 is 0 Å². The summed E-state index contributed by atoms with van der Waals surface area (Å²) in [6.07, 6.45) is 4.31. The van der Waals surface area contributed by atoms with Crippen LogP contribution in [0.5, 0.6) is 0 Å². The van der Waals surface area contributed by atoms with Crippen molar-refractivity contribution < 1.29 is 23.4 Å². The minimum absolute atomic E-state index is 0.0708. The molecule has 2 atom stereocenters. The van der Waals surface area contributed by atoms with Gasteiger partial charge in [-0.2, -0.15) is 8.78 Å². The molecule has 3 aromatic rings. The van der Waals surface area contributed by atoms with E-state index in [1.807, 2.05) is 13.0 Å². The van der Waals surface area contributed by atoms with Crippen molar-refractivity contribution in [2.75, 3.05) is 30.0 Å². The Morgan fingerprint density at radius 3 is 2.86 bits per heavy atom. The molecule has 0 aliphatic carbocycles. The molecule has 0 spiro atoms. The van der Waals surface area contributed by atoms with Crippen molar-refractivity contribution >= 4 is 17.3 Å². The highest BCUT2D eigenvalue weighted by Gasteiger charge is 2.35. The Labute approximate surface area is 201 Å². The van der Waals surface area contributed by atoms with Crippen LogP contribution in [0.25, 0.3) is 11.1 Å². The maximum absolute atomic E-state index is 13.6. The molecule has 0 saturated carbocycles. The predicted octanol–water partition coefficient (Wildman–Crippen LogP) is 3.85. The molecule has 8 nitrogen and oxygen atoms in total. The molecule has 2 N–H and O–H groups in total. The van der Waals surface area contributed by atoms with E-state index in [1.165, 1.54) is 18.5 Å². The van der Waals surface area contributed by atoms with Crippen molar-refractivity contribution in [2.45, 2.75) is 38.3 Å². The zero-order valence-corrected chi connectivity index (χ0v) is 19.3. The summed E-state index contributed by atoms with van der Waals surface area (Å²) in [5, 5.41) is 13.3. The topological polar surface area (TPSA) is 100 Å². The van der Waals surface area contributed by atoms with Gasteiger partial charge in [-0.1, -0.05) is 0 Å². The van der Waals surface area contributed by atoms with Gasteiger partial charge in [0, 0.05) is 54.7 Å². The first kappa shape index (κ1) is 23.3. The normalized spacial score (nSPS) is 19.6. The summed E-state index contributed by atoms with van der Waals surface area (Å²) in [5.74, 6) is -3.70. The number of aliphatic hydroxyl groups excluding tert-OH is 1. The third kappa shape index (κ3) is 4.59. The van der Waals surface area contributed by atoms with Crippen molar-refractivity contribution in [1.29, 1.82) is 0 Å². The Bertz CT molecular complexity index is 1280. The number of nitrogens with one attached hydrogen (secondary N) is 1. The Balaban J connectivity index is 1.44. The lowest BCUT2D eigenvalue weighted by molar-refractivity contribution is 0.0127. The first-order valence-electron chi connectivity index (χ1n) is 11.4. The standard InChI is InChI=1S/C25H25F2N5O3/c1-14-19(16-7-20-23(30-11-16)21(33)10-18-13-35-6-5-32(18)20)9-17(12-29-14)31-24(34)15-3-4-28-22(8-15)25(2,26)27/h3-4,7-9,11-12,18,21,33H,5-6,10,13H2,1-2H3,(H,31,34)/t18-,21+/m1/s1. The van der Waals surface area contributed by atoms with Crippen LogP contribution in [0.3, 0.4) is 0 Å². The number of aromatic nitrogens is 3. The first-order valence-corrected chi connectivity index (χ1v) is 11.4. The fourth-order valence-corrected chi connectivity index (χ4v) is 4.54. The lowest BCUT2D eigenvalue weighted by Crippen LogP contribution is -2.49. The monoisotopic (exact) mass is 481 g/mol. The van der Waals surface area contributed by atoms with Crippen LogP contribution in [0.2, 0.25) is 0 Å². The van der Waals surface area contributed by atoms with Gasteiger partial charge in [0.05, 0.1) is 42.5 Å². The van der Waals surface area contributed by atoms with Crippen molar-refractivity contribution in [3.05, 3.63) is 65.5 Å². The van der Waals surface area contributed by atoms with Crippen molar-refractivity contribution in [3.63, 3.8) is 0 Å². The molecule has 0 bridgehead atoms. The molecule has 1 saturated heterocycles. The molecule has 0 aromatic carbocycles. The average molecular weight is 482 g/mol. The summed E-state index contributed by atoms with van der Waals surface area (Å²) in [6, 6.07) is 6.31. The molecule has 3 aromatic heterocycles. The lowest BCUT2D eigenvalue weighted by Gasteiger charge is -2.43. The molecular weight excluding hydrogens is 456 g/mol. The number of carbonyl (C=O) groups is 1. The maximum Gasteiger partial charge on any atom is 0.286 e.